The van der Waals surface area contributed by atoms with Gasteiger partial charge in [-0.3, -0.25) is 4.79 Å². The Morgan fingerprint density at radius 1 is 1.17 bits per heavy atom. The number of carboxylic acids is 1. The number of carbonyl (C=O) groups excluding carboxylic acids is 1. The second-order valence-corrected chi connectivity index (χ2v) is 3.47. The molecule has 0 amide bonds. The van der Waals surface area contributed by atoms with Gasteiger partial charge in [0.2, 0.25) is 0 Å². The number of rotatable bonds is 7. The Morgan fingerprint density at radius 2 is 1.83 bits per heavy atom. The van der Waals surface area contributed by atoms with Gasteiger partial charge in [-0.1, -0.05) is 24.8 Å². The first-order valence-corrected chi connectivity index (χ1v) is 5.34. The van der Waals surface area contributed by atoms with Gasteiger partial charge in [0.1, 0.15) is 19.0 Å². The van der Waals surface area contributed by atoms with Crippen molar-refractivity contribution < 1.29 is 24.2 Å². The van der Waals surface area contributed by atoms with Crippen LogP contribution in [0.3, 0.4) is 0 Å². The van der Waals surface area contributed by atoms with E-state index < -0.39 is 18.4 Å². The molecule has 0 atom stereocenters. The zero-order valence-electron chi connectivity index (χ0n) is 9.80. The van der Waals surface area contributed by atoms with Crippen LogP contribution in [-0.2, 0) is 14.3 Å². The summed E-state index contributed by atoms with van der Waals surface area (Å²) in [5.41, 5.74) is -0.0813. The molecular weight excluding hydrogens is 236 g/mol. The molecule has 5 heteroatoms. The zero-order chi connectivity index (χ0) is 13.4. The topological polar surface area (TPSA) is 72.8 Å². The molecule has 0 saturated carbocycles. The molecule has 0 heterocycles. The number of benzene rings is 1. The fraction of sp³-hybridized carbons (Fsp3) is 0.231. The monoisotopic (exact) mass is 250 g/mol. The summed E-state index contributed by atoms with van der Waals surface area (Å²) in [5, 5.41) is 8.46. The lowest BCUT2D eigenvalue weighted by Gasteiger charge is -2.07. The molecule has 1 rings (SSSR count). The lowest BCUT2D eigenvalue weighted by Crippen LogP contribution is -2.15. The molecular formula is C13H14O5. The van der Waals surface area contributed by atoms with Gasteiger partial charge >= 0.3 is 11.9 Å². The maximum atomic E-state index is 11.2. The van der Waals surface area contributed by atoms with Crippen molar-refractivity contribution in [3.8, 4) is 5.75 Å². The fourth-order valence-corrected chi connectivity index (χ4v) is 1.17. The highest BCUT2D eigenvalue weighted by Crippen LogP contribution is 2.08. The quantitative estimate of drug-likeness (QED) is 0.452. The molecule has 0 aliphatic carbocycles. The van der Waals surface area contributed by atoms with E-state index in [4.69, 9.17) is 14.6 Å². The molecule has 0 radical (unpaired) electrons. The van der Waals surface area contributed by atoms with Gasteiger partial charge < -0.3 is 14.6 Å². The summed E-state index contributed by atoms with van der Waals surface area (Å²) in [6.07, 6.45) is -0.418. The van der Waals surface area contributed by atoms with Crippen LogP contribution in [0.2, 0.25) is 0 Å². The number of carbonyl (C=O) groups is 2. The first-order chi connectivity index (χ1) is 8.59. The van der Waals surface area contributed by atoms with Gasteiger partial charge in [-0.2, -0.15) is 0 Å². The highest BCUT2D eigenvalue weighted by molar-refractivity contribution is 5.92. The van der Waals surface area contributed by atoms with Crippen molar-refractivity contribution >= 4 is 11.9 Å². The van der Waals surface area contributed by atoms with Crippen LogP contribution in [0, 0.1) is 0 Å². The van der Waals surface area contributed by atoms with Gasteiger partial charge in [-0.05, 0) is 12.1 Å². The van der Waals surface area contributed by atoms with Crippen molar-refractivity contribution in [2.45, 2.75) is 6.42 Å². The number of aliphatic carboxylic acids is 1. The van der Waals surface area contributed by atoms with Crippen molar-refractivity contribution in [1.82, 2.24) is 0 Å². The van der Waals surface area contributed by atoms with Crippen LogP contribution < -0.4 is 4.74 Å². The molecule has 0 bridgehead atoms. The molecule has 0 spiro atoms. The minimum atomic E-state index is -1.11. The van der Waals surface area contributed by atoms with Gasteiger partial charge in [0, 0.05) is 5.57 Å². The summed E-state index contributed by atoms with van der Waals surface area (Å²) in [5.74, 6) is -1.15. The van der Waals surface area contributed by atoms with Gasteiger partial charge in [-0.15, -0.1) is 0 Å². The van der Waals surface area contributed by atoms with Crippen molar-refractivity contribution in [3.05, 3.63) is 42.5 Å². The normalized spacial score (nSPS) is 9.56. The Kier molecular flexibility index (Phi) is 5.44. The molecule has 0 aromatic heterocycles. The van der Waals surface area contributed by atoms with E-state index in [1.54, 1.807) is 12.1 Å². The molecule has 0 aliphatic rings. The van der Waals surface area contributed by atoms with Crippen LogP contribution in [0.5, 0.6) is 5.75 Å². The smallest absolute Gasteiger partial charge is 0.334 e. The highest BCUT2D eigenvalue weighted by atomic mass is 16.6. The Labute approximate surface area is 105 Å². The van der Waals surface area contributed by atoms with E-state index >= 15 is 0 Å². The third kappa shape index (κ3) is 5.16. The van der Waals surface area contributed by atoms with Gasteiger partial charge in [0.25, 0.3) is 0 Å². The Balaban J connectivity index is 2.20. The maximum absolute atomic E-state index is 11.2. The minimum absolute atomic E-state index is 0.0480. The van der Waals surface area contributed by atoms with E-state index in [9.17, 15) is 9.59 Å². The van der Waals surface area contributed by atoms with E-state index in [1.807, 2.05) is 18.2 Å². The SMILES string of the molecule is C=C(CC(=O)O)C(=O)OCCOc1ccccc1. The lowest BCUT2D eigenvalue weighted by atomic mass is 10.2. The van der Waals surface area contributed by atoms with Gasteiger partial charge in [0.05, 0.1) is 6.42 Å². The molecule has 0 saturated heterocycles. The van der Waals surface area contributed by atoms with E-state index in [-0.39, 0.29) is 18.8 Å². The van der Waals surface area contributed by atoms with E-state index in [0.29, 0.717) is 5.75 Å². The second-order valence-electron chi connectivity index (χ2n) is 3.47. The number of hydrogen-bond acceptors (Lipinski definition) is 4. The van der Waals surface area contributed by atoms with Crippen molar-refractivity contribution in [3.63, 3.8) is 0 Å². The average molecular weight is 250 g/mol. The predicted octanol–water partition coefficient (Wildman–Crippen LogP) is 1.64. The molecule has 0 fully saturated rings. The number of ether oxygens (including phenoxy) is 2. The van der Waals surface area contributed by atoms with Crippen LogP contribution in [0.1, 0.15) is 6.42 Å². The Hall–Kier alpha value is -2.30. The van der Waals surface area contributed by atoms with Crippen molar-refractivity contribution in [2.75, 3.05) is 13.2 Å². The first kappa shape index (κ1) is 13.8. The van der Waals surface area contributed by atoms with E-state index in [0.717, 1.165) is 0 Å². The summed E-state index contributed by atoms with van der Waals surface area (Å²) in [4.78, 5) is 21.6. The molecule has 18 heavy (non-hydrogen) atoms. The van der Waals surface area contributed by atoms with Crippen LogP contribution in [0.25, 0.3) is 0 Å². The minimum Gasteiger partial charge on any atom is -0.490 e. The average Bonchev–Trinajstić information content (AvgIpc) is 2.34. The maximum Gasteiger partial charge on any atom is 0.334 e. The number of hydrogen-bond donors (Lipinski definition) is 1. The largest absolute Gasteiger partial charge is 0.490 e. The van der Waals surface area contributed by atoms with Crippen molar-refractivity contribution in [1.29, 1.82) is 0 Å². The molecule has 1 N–H and O–H groups in total. The standard InChI is InChI=1S/C13H14O5/c1-10(9-12(14)15)13(16)18-8-7-17-11-5-3-2-4-6-11/h2-6H,1,7-9H2,(H,14,15). The predicted molar refractivity (Wildman–Crippen MR) is 64.3 cm³/mol. The number of esters is 1. The van der Waals surface area contributed by atoms with Crippen molar-refractivity contribution in [2.24, 2.45) is 0 Å². The summed E-state index contributed by atoms with van der Waals surface area (Å²) in [6, 6.07) is 9.09. The molecule has 0 aliphatic heterocycles. The highest BCUT2D eigenvalue weighted by Gasteiger charge is 2.11. The summed E-state index contributed by atoms with van der Waals surface area (Å²) >= 11 is 0. The lowest BCUT2D eigenvalue weighted by molar-refractivity contribution is -0.143. The molecule has 1 aromatic rings. The summed E-state index contributed by atoms with van der Waals surface area (Å²) < 4.78 is 10.1. The summed E-state index contributed by atoms with van der Waals surface area (Å²) in [7, 11) is 0. The summed E-state index contributed by atoms with van der Waals surface area (Å²) in [6.45, 7) is 3.59. The fourth-order valence-electron chi connectivity index (χ4n) is 1.17. The second kappa shape index (κ2) is 7.11. The van der Waals surface area contributed by atoms with Gasteiger partial charge in [-0.25, -0.2) is 4.79 Å². The van der Waals surface area contributed by atoms with Crippen LogP contribution in [0.4, 0.5) is 0 Å². The van der Waals surface area contributed by atoms with Gasteiger partial charge in [0.15, 0.2) is 0 Å². The van der Waals surface area contributed by atoms with Crippen LogP contribution in [-0.4, -0.2) is 30.3 Å². The third-order valence-corrected chi connectivity index (χ3v) is 1.98. The number of carboxylic acid groups (broad SMARTS) is 1. The Bertz CT molecular complexity index is 424. The van der Waals surface area contributed by atoms with E-state index in [2.05, 4.69) is 6.58 Å². The Morgan fingerprint density at radius 3 is 2.44 bits per heavy atom. The molecule has 5 nitrogen and oxygen atoms in total. The third-order valence-electron chi connectivity index (χ3n) is 1.98. The van der Waals surface area contributed by atoms with Crippen LogP contribution >= 0.6 is 0 Å². The molecule has 1 aromatic carbocycles. The first-order valence-electron chi connectivity index (χ1n) is 5.34. The molecule has 0 unspecified atom stereocenters. The number of para-hydroxylation sites is 1. The molecule has 96 valence electrons. The van der Waals surface area contributed by atoms with Crippen LogP contribution in [0.15, 0.2) is 42.5 Å². The van der Waals surface area contributed by atoms with E-state index in [1.165, 1.54) is 0 Å². The zero-order valence-corrected chi connectivity index (χ0v) is 9.80.